The molecule has 4 nitrogen and oxygen atoms in total. The molecular weight excluding hydrogens is 212 g/mol. The SMILES string of the molecule is CS(=O)(=O)c1ccc(S(=O)[O-])cc1. The van der Waals surface area contributed by atoms with Gasteiger partial charge in [-0.05, 0) is 35.3 Å². The lowest BCUT2D eigenvalue weighted by Crippen LogP contribution is -1.97. The number of hydrogen-bond acceptors (Lipinski definition) is 4. The molecule has 0 spiro atoms. The molecule has 72 valence electrons. The van der Waals surface area contributed by atoms with Crippen LogP contribution in [0.5, 0.6) is 0 Å². The molecule has 0 saturated heterocycles. The number of rotatable bonds is 2. The van der Waals surface area contributed by atoms with E-state index in [4.69, 9.17) is 0 Å². The van der Waals surface area contributed by atoms with Crippen molar-refractivity contribution in [2.75, 3.05) is 6.26 Å². The van der Waals surface area contributed by atoms with Crippen LogP contribution in [0.1, 0.15) is 0 Å². The molecule has 0 radical (unpaired) electrons. The van der Waals surface area contributed by atoms with Crippen LogP contribution in [0.2, 0.25) is 0 Å². The zero-order valence-corrected chi connectivity index (χ0v) is 8.39. The molecule has 0 N–H and O–H groups in total. The molecule has 6 heteroatoms. The van der Waals surface area contributed by atoms with Crippen LogP contribution in [0.4, 0.5) is 0 Å². The van der Waals surface area contributed by atoms with E-state index in [0.29, 0.717) is 0 Å². The summed E-state index contributed by atoms with van der Waals surface area (Å²) in [6.07, 6.45) is 1.07. The van der Waals surface area contributed by atoms with Gasteiger partial charge in [-0.1, -0.05) is 0 Å². The van der Waals surface area contributed by atoms with Gasteiger partial charge in [0.1, 0.15) is 0 Å². The van der Waals surface area contributed by atoms with E-state index < -0.39 is 20.9 Å². The van der Waals surface area contributed by atoms with E-state index in [1.807, 2.05) is 0 Å². The van der Waals surface area contributed by atoms with Crippen molar-refractivity contribution in [3.8, 4) is 0 Å². The molecule has 0 fully saturated rings. The molecule has 0 aromatic heterocycles. The summed E-state index contributed by atoms with van der Waals surface area (Å²) < 4.78 is 42.7. The van der Waals surface area contributed by atoms with Crippen molar-refractivity contribution in [3.05, 3.63) is 24.3 Å². The predicted molar refractivity (Wildman–Crippen MR) is 46.7 cm³/mol. The molecule has 1 atom stereocenters. The minimum atomic E-state index is -3.25. The molecule has 0 bridgehead atoms. The van der Waals surface area contributed by atoms with E-state index in [9.17, 15) is 17.2 Å². The lowest BCUT2D eigenvalue weighted by molar-refractivity contribution is 0.537. The van der Waals surface area contributed by atoms with Gasteiger partial charge in [-0.15, -0.1) is 0 Å². The van der Waals surface area contributed by atoms with E-state index in [-0.39, 0.29) is 9.79 Å². The first-order chi connectivity index (χ1) is 5.91. The summed E-state index contributed by atoms with van der Waals surface area (Å²) in [5.74, 6) is 0. The van der Waals surface area contributed by atoms with Gasteiger partial charge in [-0.2, -0.15) is 0 Å². The van der Waals surface area contributed by atoms with E-state index >= 15 is 0 Å². The Labute approximate surface area is 78.8 Å². The van der Waals surface area contributed by atoms with Crippen LogP contribution in [-0.4, -0.2) is 23.4 Å². The van der Waals surface area contributed by atoms with E-state index in [1.165, 1.54) is 24.3 Å². The Kier molecular flexibility index (Phi) is 2.84. The van der Waals surface area contributed by atoms with Gasteiger partial charge in [0, 0.05) is 11.2 Å². The average Bonchev–Trinajstić information content (AvgIpc) is 2.03. The highest BCUT2D eigenvalue weighted by molar-refractivity contribution is 7.90. The Bertz CT molecular complexity index is 418. The third-order valence-electron chi connectivity index (χ3n) is 1.44. The van der Waals surface area contributed by atoms with Gasteiger partial charge in [0.05, 0.1) is 4.90 Å². The molecule has 0 aliphatic carbocycles. The second kappa shape index (κ2) is 3.57. The van der Waals surface area contributed by atoms with Gasteiger partial charge >= 0.3 is 0 Å². The Hall–Kier alpha value is -0.720. The summed E-state index contributed by atoms with van der Waals surface area (Å²) in [5.41, 5.74) is 0. The quantitative estimate of drug-likeness (QED) is 0.672. The number of sulfone groups is 1. The van der Waals surface area contributed by atoms with Crippen molar-refractivity contribution in [2.24, 2.45) is 0 Å². The fourth-order valence-corrected chi connectivity index (χ4v) is 1.79. The molecule has 0 amide bonds. The molecule has 1 unspecified atom stereocenters. The molecule has 1 aromatic rings. The third-order valence-corrected chi connectivity index (χ3v) is 3.23. The minimum absolute atomic E-state index is 0.0763. The average molecular weight is 219 g/mol. The summed E-state index contributed by atoms with van der Waals surface area (Å²) in [7, 11) is -3.25. The molecule has 1 rings (SSSR count). The number of benzene rings is 1. The van der Waals surface area contributed by atoms with Crippen LogP contribution >= 0.6 is 0 Å². The van der Waals surface area contributed by atoms with Crippen molar-refractivity contribution < 1.29 is 17.2 Å². The number of hydrogen-bond donors (Lipinski definition) is 0. The largest absolute Gasteiger partial charge is 0.768 e. The molecule has 13 heavy (non-hydrogen) atoms. The van der Waals surface area contributed by atoms with Crippen LogP contribution in [0.15, 0.2) is 34.1 Å². The van der Waals surface area contributed by atoms with Crippen LogP contribution in [-0.2, 0) is 20.9 Å². The van der Waals surface area contributed by atoms with Crippen LogP contribution in [0.3, 0.4) is 0 Å². The fourth-order valence-electron chi connectivity index (χ4n) is 0.798. The van der Waals surface area contributed by atoms with E-state index in [0.717, 1.165) is 6.26 Å². The zero-order chi connectivity index (χ0) is 10.1. The van der Waals surface area contributed by atoms with Gasteiger partial charge in [0.25, 0.3) is 0 Å². The Morgan fingerprint density at radius 3 is 2.00 bits per heavy atom. The maximum atomic E-state index is 11.0. The first-order valence-corrected chi connectivity index (χ1v) is 6.27. The second-order valence-corrected chi connectivity index (χ2v) is 5.43. The normalized spacial score (nSPS) is 14.0. The molecule has 0 aliphatic heterocycles. The molecule has 0 saturated carbocycles. The first-order valence-electron chi connectivity index (χ1n) is 3.30. The van der Waals surface area contributed by atoms with E-state index in [1.54, 1.807) is 0 Å². The highest BCUT2D eigenvalue weighted by Crippen LogP contribution is 2.11. The van der Waals surface area contributed by atoms with Gasteiger partial charge in [0.15, 0.2) is 9.84 Å². The lowest BCUT2D eigenvalue weighted by atomic mass is 10.4. The molecule has 0 aliphatic rings. The van der Waals surface area contributed by atoms with Gasteiger partial charge in [0.2, 0.25) is 0 Å². The van der Waals surface area contributed by atoms with Crippen LogP contribution in [0, 0.1) is 0 Å². The fraction of sp³-hybridized carbons (Fsp3) is 0.143. The Morgan fingerprint density at radius 2 is 1.69 bits per heavy atom. The third kappa shape index (κ3) is 2.61. The van der Waals surface area contributed by atoms with Gasteiger partial charge in [-0.3, -0.25) is 4.21 Å². The monoisotopic (exact) mass is 219 g/mol. The van der Waals surface area contributed by atoms with Crippen LogP contribution < -0.4 is 0 Å². The summed E-state index contributed by atoms with van der Waals surface area (Å²) >= 11 is -2.31. The standard InChI is InChI=1S/C7H8O4S2/c1-13(10,11)7-4-2-6(3-5-7)12(8)9/h2-5H,1H3,(H,8,9)/p-1. The first kappa shape index (κ1) is 10.4. The van der Waals surface area contributed by atoms with Gasteiger partial charge < -0.3 is 4.55 Å². The Balaban J connectivity index is 3.16. The van der Waals surface area contributed by atoms with Crippen molar-refractivity contribution >= 4 is 20.9 Å². The maximum absolute atomic E-state index is 11.0. The van der Waals surface area contributed by atoms with Crippen molar-refractivity contribution in [3.63, 3.8) is 0 Å². The Morgan fingerprint density at radius 1 is 1.23 bits per heavy atom. The molecule has 1 aromatic carbocycles. The maximum Gasteiger partial charge on any atom is 0.175 e. The zero-order valence-electron chi connectivity index (χ0n) is 6.76. The predicted octanol–water partition coefficient (Wildman–Crippen LogP) is 0.328. The second-order valence-electron chi connectivity index (χ2n) is 2.48. The smallest absolute Gasteiger partial charge is 0.175 e. The van der Waals surface area contributed by atoms with Crippen LogP contribution in [0.25, 0.3) is 0 Å². The highest BCUT2D eigenvalue weighted by atomic mass is 32.2. The molecule has 0 heterocycles. The minimum Gasteiger partial charge on any atom is -0.768 e. The highest BCUT2D eigenvalue weighted by Gasteiger charge is 2.05. The summed E-state index contributed by atoms with van der Waals surface area (Å²) in [6.45, 7) is 0. The summed E-state index contributed by atoms with van der Waals surface area (Å²) in [6, 6.07) is 5.03. The van der Waals surface area contributed by atoms with Crippen molar-refractivity contribution in [2.45, 2.75) is 9.79 Å². The van der Waals surface area contributed by atoms with Gasteiger partial charge in [-0.25, -0.2) is 8.42 Å². The topological polar surface area (TPSA) is 74.3 Å². The van der Waals surface area contributed by atoms with Crippen molar-refractivity contribution in [1.29, 1.82) is 0 Å². The summed E-state index contributed by atoms with van der Waals surface area (Å²) in [4.78, 5) is 0.189. The van der Waals surface area contributed by atoms with Crippen molar-refractivity contribution in [1.82, 2.24) is 0 Å². The summed E-state index contributed by atoms with van der Waals surface area (Å²) in [5, 5.41) is 0. The molecular formula is C7H7O4S2-. The lowest BCUT2D eigenvalue weighted by Gasteiger charge is -2.04. The van der Waals surface area contributed by atoms with E-state index in [2.05, 4.69) is 0 Å².